The van der Waals surface area contributed by atoms with Gasteiger partial charge in [0.05, 0.1) is 11.3 Å². The van der Waals surface area contributed by atoms with E-state index < -0.39 is 11.9 Å². The first-order valence-electron chi connectivity index (χ1n) is 3.05. The van der Waals surface area contributed by atoms with Crippen molar-refractivity contribution in [2.24, 2.45) is 0 Å². The fourth-order valence-electron chi connectivity index (χ4n) is 0.814. The molecule has 0 unspecified atom stereocenters. The van der Waals surface area contributed by atoms with Gasteiger partial charge in [-0.05, 0) is 6.92 Å². The second-order valence-corrected chi connectivity index (χ2v) is 2.20. The maximum Gasteiger partial charge on any atom is 0.434 e. The summed E-state index contributed by atoms with van der Waals surface area (Å²) in [7, 11) is 0. The predicted octanol–water partition coefficient (Wildman–Crippen LogP) is 1.72. The summed E-state index contributed by atoms with van der Waals surface area (Å²) in [6.45, 7) is 1.42. The average Bonchev–Trinajstić information content (AvgIpc) is 2.29. The standard InChI is InChI=1S/C7H5F3N2/c1-3-5-4(2)11-12-6(5)7(8,9)10/h1H,2H3,(H,11,12). The highest BCUT2D eigenvalue weighted by Gasteiger charge is 2.36. The molecule has 0 fully saturated rings. The summed E-state index contributed by atoms with van der Waals surface area (Å²) in [5.41, 5.74) is -0.991. The first kappa shape index (κ1) is 8.65. The molecule has 0 aliphatic carbocycles. The lowest BCUT2D eigenvalue weighted by Gasteiger charge is -2.02. The number of halogens is 3. The fraction of sp³-hybridized carbons (Fsp3) is 0.286. The van der Waals surface area contributed by atoms with E-state index >= 15 is 0 Å². The van der Waals surface area contributed by atoms with E-state index in [4.69, 9.17) is 6.42 Å². The maximum absolute atomic E-state index is 12.1. The number of aromatic amines is 1. The van der Waals surface area contributed by atoms with Crippen LogP contribution in [0.2, 0.25) is 0 Å². The average molecular weight is 174 g/mol. The highest BCUT2D eigenvalue weighted by Crippen LogP contribution is 2.30. The van der Waals surface area contributed by atoms with Crippen LogP contribution in [0.1, 0.15) is 17.0 Å². The fourth-order valence-corrected chi connectivity index (χ4v) is 0.814. The Bertz CT molecular complexity index is 329. The predicted molar refractivity (Wildman–Crippen MR) is 36.3 cm³/mol. The Labute approximate surface area is 66.8 Å². The van der Waals surface area contributed by atoms with E-state index in [0.717, 1.165) is 0 Å². The zero-order valence-electron chi connectivity index (χ0n) is 6.16. The molecule has 64 valence electrons. The van der Waals surface area contributed by atoms with Gasteiger partial charge in [-0.1, -0.05) is 5.92 Å². The van der Waals surface area contributed by atoms with Gasteiger partial charge in [0.25, 0.3) is 0 Å². The number of aryl methyl sites for hydroxylation is 1. The third kappa shape index (κ3) is 1.28. The number of hydrogen-bond acceptors (Lipinski definition) is 1. The van der Waals surface area contributed by atoms with Crippen molar-refractivity contribution in [2.45, 2.75) is 13.1 Å². The van der Waals surface area contributed by atoms with E-state index in [-0.39, 0.29) is 11.3 Å². The molecule has 0 spiro atoms. The Balaban J connectivity index is 3.28. The van der Waals surface area contributed by atoms with Gasteiger partial charge in [-0.25, -0.2) is 0 Å². The quantitative estimate of drug-likeness (QED) is 0.596. The number of H-pyrrole nitrogens is 1. The van der Waals surface area contributed by atoms with Gasteiger partial charge >= 0.3 is 6.18 Å². The number of rotatable bonds is 0. The molecule has 0 aliphatic rings. The van der Waals surface area contributed by atoms with Crippen molar-refractivity contribution in [3.63, 3.8) is 0 Å². The van der Waals surface area contributed by atoms with Crippen molar-refractivity contribution in [2.75, 3.05) is 0 Å². The summed E-state index contributed by atoms with van der Waals surface area (Å²) in [6.07, 6.45) is 0.427. The Hall–Kier alpha value is -1.44. The zero-order valence-corrected chi connectivity index (χ0v) is 6.16. The van der Waals surface area contributed by atoms with Crippen LogP contribution < -0.4 is 0 Å². The van der Waals surface area contributed by atoms with E-state index in [2.05, 4.69) is 5.10 Å². The Kier molecular flexibility index (Phi) is 1.84. The molecular weight excluding hydrogens is 169 g/mol. The minimum absolute atomic E-state index is 0.185. The van der Waals surface area contributed by atoms with Crippen molar-refractivity contribution < 1.29 is 13.2 Å². The third-order valence-electron chi connectivity index (χ3n) is 1.38. The highest BCUT2D eigenvalue weighted by atomic mass is 19.4. The summed E-state index contributed by atoms with van der Waals surface area (Å²) < 4.78 is 36.2. The van der Waals surface area contributed by atoms with E-state index in [9.17, 15) is 13.2 Å². The van der Waals surface area contributed by atoms with Gasteiger partial charge in [-0.2, -0.15) is 18.3 Å². The van der Waals surface area contributed by atoms with E-state index in [1.807, 2.05) is 11.0 Å². The van der Waals surface area contributed by atoms with Crippen LogP contribution in [-0.4, -0.2) is 10.2 Å². The molecular formula is C7H5F3N2. The topological polar surface area (TPSA) is 28.7 Å². The van der Waals surface area contributed by atoms with Crippen LogP contribution in [0.4, 0.5) is 13.2 Å². The van der Waals surface area contributed by atoms with Crippen LogP contribution in [0.5, 0.6) is 0 Å². The van der Waals surface area contributed by atoms with E-state index in [0.29, 0.717) is 0 Å². The van der Waals surface area contributed by atoms with Crippen molar-refractivity contribution in [1.29, 1.82) is 0 Å². The van der Waals surface area contributed by atoms with Crippen LogP contribution in [0.3, 0.4) is 0 Å². The second-order valence-electron chi connectivity index (χ2n) is 2.20. The number of terminal acetylenes is 1. The molecule has 1 aromatic rings. The summed E-state index contributed by atoms with van der Waals surface area (Å²) in [4.78, 5) is 0. The maximum atomic E-state index is 12.1. The van der Waals surface area contributed by atoms with Crippen LogP contribution in [0, 0.1) is 19.3 Å². The van der Waals surface area contributed by atoms with Crippen molar-refractivity contribution >= 4 is 0 Å². The second kappa shape index (κ2) is 2.55. The minimum atomic E-state index is -4.46. The molecule has 0 saturated heterocycles. The number of aromatic nitrogens is 2. The largest absolute Gasteiger partial charge is 0.434 e. The summed E-state index contributed by atoms with van der Waals surface area (Å²) in [5.74, 6) is 1.94. The summed E-state index contributed by atoms with van der Waals surface area (Å²) in [6, 6.07) is 0. The molecule has 2 nitrogen and oxygen atoms in total. The third-order valence-corrected chi connectivity index (χ3v) is 1.38. The minimum Gasteiger partial charge on any atom is -0.272 e. The molecule has 0 aliphatic heterocycles. The Morgan fingerprint density at radius 2 is 2.08 bits per heavy atom. The van der Waals surface area contributed by atoms with Crippen LogP contribution >= 0.6 is 0 Å². The SMILES string of the molecule is C#Cc1c(C)n[nH]c1C(F)(F)F. The van der Waals surface area contributed by atoms with Gasteiger partial charge in [-0.15, -0.1) is 6.42 Å². The summed E-state index contributed by atoms with van der Waals surface area (Å²) >= 11 is 0. The lowest BCUT2D eigenvalue weighted by atomic mass is 10.2. The molecule has 1 heterocycles. The lowest BCUT2D eigenvalue weighted by molar-refractivity contribution is -0.141. The van der Waals surface area contributed by atoms with Gasteiger partial charge in [0, 0.05) is 0 Å². The molecule has 0 bridgehead atoms. The highest BCUT2D eigenvalue weighted by molar-refractivity contribution is 5.40. The van der Waals surface area contributed by atoms with E-state index in [1.165, 1.54) is 6.92 Å². The molecule has 5 heteroatoms. The molecule has 12 heavy (non-hydrogen) atoms. The Morgan fingerprint density at radius 3 is 2.42 bits per heavy atom. The van der Waals surface area contributed by atoms with Crippen molar-refractivity contribution in [1.82, 2.24) is 10.2 Å². The number of nitrogens with zero attached hydrogens (tertiary/aromatic N) is 1. The van der Waals surface area contributed by atoms with Crippen molar-refractivity contribution in [3.8, 4) is 12.3 Å². The molecule has 0 saturated carbocycles. The molecule has 0 atom stereocenters. The number of nitrogens with one attached hydrogen (secondary N) is 1. The zero-order chi connectivity index (χ0) is 9.35. The van der Waals surface area contributed by atoms with Gasteiger partial charge in [-0.3, -0.25) is 5.10 Å². The van der Waals surface area contributed by atoms with E-state index in [1.54, 1.807) is 0 Å². The van der Waals surface area contributed by atoms with Crippen molar-refractivity contribution in [3.05, 3.63) is 17.0 Å². The van der Waals surface area contributed by atoms with Gasteiger partial charge in [0.1, 0.15) is 0 Å². The molecule has 0 amide bonds. The lowest BCUT2D eigenvalue weighted by Crippen LogP contribution is -2.07. The van der Waals surface area contributed by atoms with Gasteiger partial charge in [0.15, 0.2) is 5.69 Å². The molecule has 1 N–H and O–H groups in total. The van der Waals surface area contributed by atoms with Crippen LogP contribution in [0.25, 0.3) is 0 Å². The molecule has 0 aromatic carbocycles. The van der Waals surface area contributed by atoms with Gasteiger partial charge in [0.2, 0.25) is 0 Å². The molecule has 1 rings (SSSR count). The first-order valence-corrected chi connectivity index (χ1v) is 3.05. The van der Waals surface area contributed by atoms with Gasteiger partial charge < -0.3 is 0 Å². The number of alkyl halides is 3. The smallest absolute Gasteiger partial charge is 0.272 e. The molecule has 0 radical (unpaired) electrons. The van der Waals surface area contributed by atoms with Crippen LogP contribution in [0.15, 0.2) is 0 Å². The van der Waals surface area contributed by atoms with Crippen LogP contribution in [-0.2, 0) is 6.18 Å². The number of hydrogen-bond donors (Lipinski definition) is 1. The normalized spacial score (nSPS) is 11.2. The first-order chi connectivity index (χ1) is 5.46. The monoisotopic (exact) mass is 174 g/mol. The molecule has 1 aromatic heterocycles. The summed E-state index contributed by atoms with van der Waals surface area (Å²) in [5, 5.41) is 5.21. The Morgan fingerprint density at radius 1 is 1.50 bits per heavy atom.